The van der Waals surface area contributed by atoms with Crippen molar-refractivity contribution in [2.45, 2.75) is 37.0 Å². The minimum absolute atomic E-state index is 0.0168. The predicted molar refractivity (Wildman–Crippen MR) is 37.4 cm³/mol. The molecule has 0 aromatic heterocycles. The van der Waals surface area contributed by atoms with Crippen LogP contribution in [-0.4, -0.2) is 37.1 Å². The lowest BCUT2D eigenvalue weighted by molar-refractivity contribution is -0.610. The van der Waals surface area contributed by atoms with Gasteiger partial charge in [0.05, 0.1) is 0 Å². The van der Waals surface area contributed by atoms with E-state index in [1.165, 1.54) is 0 Å². The first-order valence-corrected chi connectivity index (χ1v) is 4.19. The second kappa shape index (κ2) is 3.67. The molecule has 0 saturated carbocycles. The van der Waals surface area contributed by atoms with E-state index in [2.05, 4.69) is 14.2 Å². The lowest BCUT2D eigenvalue weighted by atomic mass is 10.0. The Hall–Kier alpha value is -0.680. The second-order valence-corrected chi connectivity index (χ2v) is 3.51. The van der Waals surface area contributed by atoms with Gasteiger partial charge < -0.3 is 4.74 Å². The van der Waals surface area contributed by atoms with Gasteiger partial charge in [0.1, 0.15) is 0 Å². The molecule has 0 unspecified atom stereocenters. The molecule has 11 heteroatoms. The van der Waals surface area contributed by atoms with Crippen molar-refractivity contribution in [1.29, 1.82) is 0 Å². The van der Waals surface area contributed by atoms with E-state index in [9.17, 15) is 35.1 Å². The predicted octanol–water partition coefficient (Wildman–Crippen LogP) is 2.81. The summed E-state index contributed by atoms with van der Waals surface area (Å²) in [6.45, 7) is 0.0168. The van der Waals surface area contributed by atoms with Gasteiger partial charge in [-0.25, -0.2) is 9.47 Å². The summed E-state index contributed by atoms with van der Waals surface area (Å²) >= 11 is 0. The first-order chi connectivity index (χ1) is 7.72. The number of hydrogen-bond donors (Lipinski definition) is 0. The molecule has 0 spiro atoms. The minimum Gasteiger partial charge on any atom is -0.362 e. The molecule has 0 radical (unpaired) electrons. The van der Waals surface area contributed by atoms with Crippen LogP contribution in [0.4, 0.5) is 35.1 Å². The molecule has 0 aromatic rings. The molecule has 1 aliphatic heterocycles. The van der Waals surface area contributed by atoms with E-state index < -0.39 is 30.0 Å². The molecule has 0 bridgehead atoms. The van der Waals surface area contributed by atoms with E-state index in [4.69, 9.17) is 0 Å². The van der Waals surface area contributed by atoms with E-state index in [0.717, 1.165) is 0 Å². The van der Waals surface area contributed by atoms with Gasteiger partial charge in [0.2, 0.25) is 5.60 Å². The molecular weight excluding hydrogens is 284 g/mol. The molecule has 1 saturated heterocycles. The Morgan fingerprint density at radius 3 is 1.44 bits per heavy atom. The van der Waals surface area contributed by atoms with Gasteiger partial charge in [0.25, 0.3) is 0 Å². The minimum atomic E-state index is -6.24. The van der Waals surface area contributed by atoms with Crippen LogP contribution >= 0.6 is 0 Å². The van der Waals surface area contributed by atoms with Crippen molar-refractivity contribution in [1.82, 2.24) is 0 Å². The smallest absolute Gasteiger partial charge is 0.362 e. The molecule has 1 fully saturated rings. The van der Waals surface area contributed by atoms with Crippen molar-refractivity contribution in [3.8, 4) is 0 Å². The standard InChI is InChI=1S/C7H6F8O3/c1-3(16-2)5(11,12)17-7(15,4(8,9)10)18-6(3,13)14/h1-2H3. The zero-order valence-electron chi connectivity index (χ0n) is 8.75. The van der Waals surface area contributed by atoms with Gasteiger partial charge in [0, 0.05) is 7.11 Å². The van der Waals surface area contributed by atoms with E-state index >= 15 is 0 Å². The van der Waals surface area contributed by atoms with Crippen LogP contribution in [0.2, 0.25) is 0 Å². The third-order valence-corrected chi connectivity index (χ3v) is 2.38. The van der Waals surface area contributed by atoms with Crippen molar-refractivity contribution in [3.63, 3.8) is 0 Å². The van der Waals surface area contributed by atoms with Crippen LogP contribution in [0.25, 0.3) is 0 Å². The van der Waals surface area contributed by atoms with E-state index in [0.29, 0.717) is 7.11 Å². The van der Waals surface area contributed by atoms with Gasteiger partial charge in [-0.05, 0) is 6.92 Å². The second-order valence-electron chi connectivity index (χ2n) is 3.51. The summed E-state index contributed by atoms with van der Waals surface area (Å²) in [4.78, 5) is 0. The normalized spacial score (nSPS) is 39.7. The molecule has 0 aliphatic carbocycles. The van der Waals surface area contributed by atoms with Crippen molar-refractivity contribution in [3.05, 3.63) is 0 Å². The molecular formula is C7H6F8O3. The van der Waals surface area contributed by atoms with Crippen LogP contribution in [0.5, 0.6) is 0 Å². The van der Waals surface area contributed by atoms with Crippen LogP contribution in [0, 0.1) is 0 Å². The molecule has 0 amide bonds. The van der Waals surface area contributed by atoms with Crippen molar-refractivity contribution < 1.29 is 49.3 Å². The number of alkyl halides is 8. The summed E-state index contributed by atoms with van der Waals surface area (Å²) in [5, 5.41) is 0. The molecule has 3 nitrogen and oxygen atoms in total. The zero-order chi connectivity index (χ0) is 14.6. The SMILES string of the molecule is COC1(C)C(F)(F)OC(F)(C(F)(F)F)OC1(F)F. The van der Waals surface area contributed by atoms with Gasteiger partial charge >= 0.3 is 24.4 Å². The Morgan fingerprint density at radius 2 is 1.22 bits per heavy atom. The third-order valence-electron chi connectivity index (χ3n) is 2.38. The molecule has 0 aromatic carbocycles. The number of hydrogen-bond acceptors (Lipinski definition) is 3. The number of methoxy groups -OCH3 is 1. The van der Waals surface area contributed by atoms with Gasteiger partial charge in [0.15, 0.2) is 0 Å². The average Bonchev–Trinajstić information content (AvgIpc) is 2.10. The van der Waals surface area contributed by atoms with E-state index in [1.807, 2.05) is 0 Å². The lowest BCUT2D eigenvalue weighted by Gasteiger charge is -2.48. The fourth-order valence-electron chi connectivity index (χ4n) is 1.07. The zero-order valence-corrected chi connectivity index (χ0v) is 8.75. The van der Waals surface area contributed by atoms with Crippen molar-refractivity contribution in [2.24, 2.45) is 0 Å². The molecule has 1 rings (SSSR count). The van der Waals surface area contributed by atoms with Crippen LogP contribution in [0.3, 0.4) is 0 Å². The van der Waals surface area contributed by atoms with Crippen LogP contribution in [0.1, 0.15) is 6.92 Å². The summed E-state index contributed by atoms with van der Waals surface area (Å²) in [6.07, 6.45) is -16.8. The molecule has 18 heavy (non-hydrogen) atoms. The Balaban J connectivity index is 3.31. The maximum atomic E-state index is 13.1. The van der Waals surface area contributed by atoms with E-state index in [1.54, 1.807) is 0 Å². The fourth-order valence-corrected chi connectivity index (χ4v) is 1.07. The van der Waals surface area contributed by atoms with Crippen LogP contribution in [0.15, 0.2) is 0 Å². The monoisotopic (exact) mass is 290 g/mol. The van der Waals surface area contributed by atoms with Crippen molar-refractivity contribution in [2.75, 3.05) is 7.11 Å². The Kier molecular flexibility index (Phi) is 3.13. The van der Waals surface area contributed by atoms with Crippen molar-refractivity contribution >= 4 is 0 Å². The highest BCUT2D eigenvalue weighted by Crippen LogP contribution is 2.56. The highest BCUT2D eigenvalue weighted by atomic mass is 19.4. The first-order valence-electron chi connectivity index (χ1n) is 4.19. The number of ether oxygens (including phenoxy) is 3. The number of rotatable bonds is 1. The largest absolute Gasteiger partial charge is 0.478 e. The molecule has 1 heterocycles. The Morgan fingerprint density at radius 1 is 0.889 bits per heavy atom. The number of halogens is 8. The highest BCUT2D eigenvalue weighted by molar-refractivity contribution is 4.98. The quantitative estimate of drug-likeness (QED) is 0.695. The Labute approximate surface area is 94.6 Å². The molecule has 0 N–H and O–H groups in total. The topological polar surface area (TPSA) is 27.7 Å². The first kappa shape index (κ1) is 15.4. The highest BCUT2D eigenvalue weighted by Gasteiger charge is 2.82. The summed E-state index contributed by atoms with van der Waals surface area (Å²) in [5.41, 5.74) is -3.92. The maximum Gasteiger partial charge on any atom is 0.478 e. The summed E-state index contributed by atoms with van der Waals surface area (Å²) < 4.78 is 111. The van der Waals surface area contributed by atoms with Crippen LogP contribution < -0.4 is 0 Å². The van der Waals surface area contributed by atoms with Gasteiger partial charge in [-0.15, -0.1) is 0 Å². The van der Waals surface area contributed by atoms with E-state index in [-0.39, 0.29) is 6.92 Å². The summed E-state index contributed by atoms with van der Waals surface area (Å²) in [6, 6.07) is -5.64. The van der Waals surface area contributed by atoms with Gasteiger partial charge in [-0.3, -0.25) is 0 Å². The van der Waals surface area contributed by atoms with Gasteiger partial charge in [-0.2, -0.15) is 35.1 Å². The molecule has 1 aliphatic rings. The molecule has 0 atom stereocenters. The third kappa shape index (κ3) is 1.84. The molecule has 108 valence electrons. The van der Waals surface area contributed by atoms with Crippen LogP contribution in [-0.2, 0) is 14.2 Å². The lowest BCUT2D eigenvalue weighted by Crippen LogP contribution is -2.72. The summed E-state index contributed by atoms with van der Waals surface area (Å²) in [7, 11) is 0.355. The Bertz CT molecular complexity index is 320. The average molecular weight is 290 g/mol. The maximum absolute atomic E-state index is 13.1. The summed E-state index contributed by atoms with van der Waals surface area (Å²) in [5.74, 6) is 0. The fraction of sp³-hybridized carbons (Fsp3) is 1.00. The van der Waals surface area contributed by atoms with Gasteiger partial charge in [-0.1, -0.05) is 0 Å².